The van der Waals surface area contributed by atoms with Crippen molar-refractivity contribution < 1.29 is 4.92 Å². The van der Waals surface area contributed by atoms with E-state index in [1.807, 2.05) is 0 Å². The number of hydrogen-bond acceptors (Lipinski definition) is 2. The number of nitrogens with zero attached hydrogens (tertiary/aromatic N) is 1. The summed E-state index contributed by atoms with van der Waals surface area (Å²) >= 11 is 0. The average molecular weight is 169 g/mol. The number of terminal acetylenes is 3. The van der Waals surface area contributed by atoms with Gasteiger partial charge in [-0.15, -0.1) is 19.3 Å². The van der Waals surface area contributed by atoms with Crippen molar-refractivity contribution in [1.82, 2.24) is 0 Å². The smallest absolute Gasteiger partial charge is 0.249 e. The zero-order chi connectivity index (χ0) is 10.3. The van der Waals surface area contributed by atoms with E-state index >= 15 is 0 Å². The quantitative estimate of drug-likeness (QED) is 0.228. The summed E-state index contributed by atoms with van der Waals surface area (Å²) in [7, 11) is 0. The molecule has 0 unspecified atom stereocenters. The van der Waals surface area contributed by atoms with E-state index in [1.165, 1.54) is 0 Å². The number of rotatable bonds is 0. The highest BCUT2D eigenvalue weighted by Crippen LogP contribution is 1.99. The lowest BCUT2D eigenvalue weighted by atomic mass is 10.1. The SMILES string of the molecule is C#CC(C#C)=C(C#C)C#C[N+](=O)[O-]. The molecular weight excluding hydrogens is 166 g/mol. The van der Waals surface area contributed by atoms with Gasteiger partial charge in [0.2, 0.25) is 0 Å². The van der Waals surface area contributed by atoms with Crippen LogP contribution in [0.4, 0.5) is 0 Å². The predicted molar refractivity (Wildman–Crippen MR) is 48.3 cm³/mol. The van der Waals surface area contributed by atoms with Gasteiger partial charge in [-0.25, -0.2) is 10.1 Å². The maximum atomic E-state index is 9.86. The predicted octanol–water partition coefficient (Wildman–Crippen LogP) is 0.420. The Morgan fingerprint density at radius 2 is 1.54 bits per heavy atom. The highest BCUT2D eigenvalue weighted by molar-refractivity contribution is 5.58. The number of allylic oxidation sites excluding steroid dienone is 2. The van der Waals surface area contributed by atoms with Crippen molar-refractivity contribution in [1.29, 1.82) is 0 Å². The van der Waals surface area contributed by atoms with Crippen molar-refractivity contribution >= 4 is 0 Å². The summed E-state index contributed by atoms with van der Waals surface area (Å²) in [4.78, 5) is 9.03. The summed E-state index contributed by atoms with van der Waals surface area (Å²) in [6, 6.07) is 1.63. The lowest BCUT2D eigenvalue weighted by molar-refractivity contribution is -0.379. The van der Waals surface area contributed by atoms with E-state index in [0.717, 1.165) is 0 Å². The zero-order valence-corrected chi connectivity index (χ0v) is 6.50. The van der Waals surface area contributed by atoms with Crippen molar-refractivity contribution in [2.75, 3.05) is 0 Å². The third-order valence-corrected chi connectivity index (χ3v) is 0.955. The molecule has 0 saturated heterocycles. The zero-order valence-electron chi connectivity index (χ0n) is 6.50. The van der Waals surface area contributed by atoms with E-state index in [2.05, 4.69) is 23.7 Å². The van der Waals surface area contributed by atoms with Gasteiger partial charge in [-0.2, -0.15) is 0 Å². The normalized spacial score (nSPS) is 6.23. The Kier molecular flexibility index (Phi) is 4.06. The topological polar surface area (TPSA) is 43.1 Å². The van der Waals surface area contributed by atoms with Gasteiger partial charge < -0.3 is 0 Å². The Morgan fingerprint density at radius 1 is 1.08 bits per heavy atom. The summed E-state index contributed by atoms with van der Waals surface area (Å²) in [5.74, 6) is 8.36. The van der Waals surface area contributed by atoms with Crippen molar-refractivity contribution in [2.24, 2.45) is 0 Å². The molecule has 0 bridgehead atoms. The van der Waals surface area contributed by atoms with Crippen LogP contribution in [0.3, 0.4) is 0 Å². The maximum absolute atomic E-state index is 9.86. The summed E-state index contributed by atoms with van der Waals surface area (Å²) in [6.45, 7) is 0. The summed E-state index contributed by atoms with van der Waals surface area (Å²) in [5.41, 5.74) is 0.0125. The van der Waals surface area contributed by atoms with Crippen LogP contribution in [0.25, 0.3) is 0 Å². The Bertz CT molecular complexity index is 423. The fourth-order valence-corrected chi connectivity index (χ4v) is 0.458. The molecule has 13 heavy (non-hydrogen) atoms. The molecule has 0 rings (SSSR count). The highest BCUT2D eigenvalue weighted by atomic mass is 16.6. The second-order valence-corrected chi connectivity index (χ2v) is 1.68. The first kappa shape index (κ1) is 10.4. The maximum Gasteiger partial charge on any atom is 0.296 e. The van der Waals surface area contributed by atoms with Gasteiger partial charge in [0.05, 0.1) is 5.57 Å². The van der Waals surface area contributed by atoms with Crippen LogP contribution in [0.1, 0.15) is 0 Å². The van der Waals surface area contributed by atoms with Gasteiger partial charge in [0.1, 0.15) is 10.5 Å². The molecule has 0 radical (unpaired) electrons. The van der Waals surface area contributed by atoms with E-state index in [4.69, 9.17) is 19.3 Å². The third kappa shape index (κ3) is 3.33. The molecule has 3 nitrogen and oxygen atoms in total. The summed E-state index contributed by atoms with van der Waals surface area (Å²) < 4.78 is 0. The van der Waals surface area contributed by atoms with Gasteiger partial charge in [-0.1, -0.05) is 17.8 Å². The highest BCUT2D eigenvalue weighted by Gasteiger charge is 1.96. The van der Waals surface area contributed by atoms with E-state index in [0.29, 0.717) is 0 Å². The molecule has 0 aliphatic carbocycles. The fraction of sp³-hybridized carbons (Fsp3) is 0. The van der Waals surface area contributed by atoms with E-state index in [9.17, 15) is 10.1 Å². The minimum absolute atomic E-state index is 0.0262. The van der Waals surface area contributed by atoms with Crippen molar-refractivity contribution in [2.45, 2.75) is 0 Å². The lowest BCUT2D eigenvalue weighted by Gasteiger charge is -1.85. The molecule has 0 amide bonds. The first-order valence-corrected chi connectivity index (χ1v) is 2.95. The summed E-state index contributed by atoms with van der Waals surface area (Å²) in [6.07, 6.45) is 15.0. The van der Waals surface area contributed by atoms with E-state index in [1.54, 1.807) is 6.04 Å². The van der Waals surface area contributed by atoms with Crippen molar-refractivity contribution in [3.05, 3.63) is 21.3 Å². The molecule has 0 aliphatic rings. The van der Waals surface area contributed by atoms with Crippen molar-refractivity contribution in [3.63, 3.8) is 0 Å². The van der Waals surface area contributed by atoms with Gasteiger partial charge in [0.15, 0.2) is 0 Å². The molecule has 0 aromatic rings. The van der Waals surface area contributed by atoms with Crippen LogP contribution in [0, 0.1) is 59.1 Å². The van der Waals surface area contributed by atoms with Crippen LogP contribution in [0.5, 0.6) is 0 Å². The molecule has 0 N–H and O–H groups in total. The molecule has 0 aromatic carbocycles. The number of hydrogen-bond donors (Lipinski definition) is 0. The Labute approximate surface area is 76.0 Å². The van der Waals surface area contributed by atoms with Crippen LogP contribution in [-0.4, -0.2) is 4.92 Å². The van der Waals surface area contributed by atoms with Crippen molar-refractivity contribution in [3.8, 4) is 49.0 Å². The van der Waals surface area contributed by atoms with Gasteiger partial charge in [0, 0.05) is 5.92 Å². The largest absolute Gasteiger partial charge is 0.296 e. The summed E-state index contributed by atoms with van der Waals surface area (Å²) in [5, 5.41) is 9.86. The average Bonchev–Trinajstić information content (AvgIpc) is 2.11. The molecule has 0 saturated carbocycles. The first-order valence-electron chi connectivity index (χ1n) is 2.95. The molecular formula is C10H3NO2. The van der Waals surface area contributed by atoms with Crippen LogP contribution in [0.2, 0.25) is 0 Å². The second kappa shape index (κ2) is 5.09. The Hall–Kier alpha value is -2.62. The fourth-order valence-electron chi connectivity index (χ4n) is 0.458. The van der Waals surface area contributed by atoms with Gasteiger partial charge in [-0.3, -0.25) is 0 Å². The standard InChI is InChI=1S/C10H3NO2/c1-4-9(5-2)10(6-3)7-8-11(12)13/h1-3H. The Morgan fingerprint density at radius 3 is 1.85 bits per heavy atom. The van der Waals surface area contributed by atoms with Crippen LogP contribution in [0.15, 0.2) is 11.1 Å². The third-order valence-electron chi connectivity index (χ3n) is 0.955. The molecule has 0 spiro atoms. The molecule has 0 atom stereocenters. The van der Waals surface area contributed by atoms with Crippen LogP contribution >= 0.6 is 0 Å². The van der Waals surface area contributed by atoms with Gasteiger partial charge >= 0.3 is 0 Å². The Balaban J connectivity index is 5.25. The second-order valence-electron chi connectivity index (χ2n) is 1.68. The molecule has 0 heterocycles. The lowest BCUT2D eigenvalue weighted by Crippen LogP contribution is -1.86. The number of nitro groups is 1. The first-order chi connectivity index (χ1) is 6.15. The van der Waals surface area contributed by atoms with E-state index < -0.39 is 4.92 Å². The van der Waals surface area contributed by atoms with Crippen LogP contribution < -0.4 is 0 Å². The molecule has 60 valence electrons. The minimum Gasteiger partial charge on any atom is -0.249 e. The molecule has 3 heteroatoms. The molecule has 0 fully saturated rings. The van der Waals surface area contributed by atoms with E-state index in [-0.39, 0.29) is 11.1 Å². The monoisotopic (exact) mass is 169 g/mol. The minimum atomic E-state index is -0.831. The molecule has 0 aromatic heterocycles. The van der Waals surface area contributed by atoms with Gasteiger partial charge in [0.25, 0.3) is 6.04 Å². The molecule has 0 aliphatic heterocycles. The van der Waals surface area contributed by atoms with Crippen LogP contribution in [-0.2, 0) is 0 Å². The van der Waals surface area contributed by atoms with Gasteiger partial charge in [-0.05, 0) is 0 Å².